The van der Waals surface area contributed by atoms with Gasteiger partial charge in [0.25, 0.3) is 0 Å². The molecule has 4 aliphatic rings. The Labute approximate surface area is 399 Å². The second-order valence-electron chi connectivity index (χ2n) is 23.0. The first-order valence-electron chi connectivity index (χ1n) is 27.3. The van der Waals surface area contributed by atoms with Crippen LogP contribution in [0.15, 0.2) is 35.5 Å². The molecular formula is C60H96O5. The van der Waals surface area contributed by atoms with Crippen LogP contribution in [-0.2, 0) is 20.7 Å². The maximum absolute atomic E-state index is 13.3. The van der Waals surface area contributed by atoms with Gasteiger partial charge in [-0.3, -0.25) is 9.59 Å². The lowest BCUT2D eigenvalue weighted by Crippen LogP contribution is -2.37. The molecular weight excluding hydrogens is 801 g/mol. The van der Waals surface area contributed by atoms with Crippen molar-refractivity contribution in [1.82, 2.24) is 0 Å². The Hall–Kier alpha value is -2.82. The smallest absolute Gasteiger partial charge is 0.311 e. The molecule has 0 N–H and O–H groups in total. The lowest BCUT2D eigenvalue weighted by molar-refractivity contribution is -0.152. The van der Waals surface area contributed by atoms with E-state index < -0.39 is 5.97 Å². The average Bonchev–Trinajstić information content (AvgIpc) is 3.60. The van der Waals surface area contributed by atoms with Gasteiger partial charge >= 0.3 is 11.9 Å². The maximum atomic E-state index is 13.3. The van der Waals surface area contributed by atoms with Gasteiger partial charge in [0.1, 0.15) is 23.2 Å². The molecule has 1 heterocycles. The van der Waals surface area contributed by atoms with Crippen LogP contribution in [0.3, 0.4) is 0 Å². The lowest BCUT2D eigenvalue weighted by atomic mass is 9.62. The quantitative estimate of drug-likeness (QED) is 0.0556. The number of esters is 2. The molecule has 366 valence electrons. The van der Waals surface area contributed by atoms with Crippen molar-refractivity contribution in [2.45, 2.75) is 261 Å². The number of ether oxygens (including phenoxy) is 3. The first kappa shape index (κ1) is 53.1. The normalized spacial score (nSPS) is 26.5. The first-order chi connectivity index (χ1) is 31.0. The van der Waals surface area contributed by atoms with Crippen molar-refractivity contribution in [3.8, 4) is 11.5 Å². The van der Waals surface area contributed by atoms with Gasteiger partial charge in [0, 0.05) is 12.0 Å². The molecule has 5 heteroatoms. The van der Waals surface area contributed by atoms with E-state index in [1.807, 2.05) is 13.8 Å². The van der Waals surface area contributed by atoms with E-state index >= 15 is 0 Å². The van der Waals surface area contributed by atoms with Crippen LogP contribution in [0.1, 0.15) is 244 Å². The van der Waals surface area contributed by atoms with Crippen LogP contribution in [-0.4, -0.2) is 23.6 Å². The molecule has 5 nitrogen and oxygen atoms in total. The van der Waals surface area contributed by atoms with Crippen molar-refractivity contribution >= 4 is 11.9 Å². The van der Waals surface area contributed by atoms with Gasteiger partial charge in [-0.2, -0.15) is 0 Å². The summed E-state index contributed by atoms with van der Waals surface area (Å²) < 4.78 is 18.9. The Morgan fingerprint density at radius 2 is 1.43 bits per heavy atom. The molecule has 0 saturated heterocycles. The van der Waals surface area contributed by atoms with Gasteiger partial charge in [0.2, 0.25) is 0 Å². The van der Waals surface area contributed by atoms with Crippen LogP contribution in [0, 0.1) is 55.8 Å². The Morgan fingerprint density at radius 3 is 2.15 bits per heavy atom. The highest BCUT2D eigenvalue weighted by Gasteiger charge is 2.48. The third-order valence-electron chi connectivity index (χ3n) is 17.1. The molecule has 1 aromatic rings. The second-order valence-corrected chi connectivity index (χ2v) is 23.0. The van der Waals surface area contributed by atoms with Gasteiger partial charge in [-0.15, -0.1) is 0 Å². The molecule has 0 amide bonds. The fraction of sp³-hybridized carbons (Fsp3) is 0.767. The monoisotopic (exact) mass is 897 g/mol. The highest BCUT2D eigenvalue weighted by Crippen LogP contribution is 2.59. The van der Waals surface area contributed by atoms with Crippen molar-refractivity contribution in [1.29, 1.82) is 0 Å². The van der Waals surface area contributed by atoms with Crippen molar-refractivity contribution in [3.63, 3.8) is 0 Å². The Kier molecular flexibility index (Phi) is 20.9. The van der Waals surface area contributed by atoms with Crippen molar-refractivity contribution < 1.29 is 23.8 Å². The van der Waals surface area contributed by atoms with Crippen LogP contribution < -0.4 is 9.47 Å². The molecule has 3 aliphatic carbocycles. The summed E-state index contributed by atoms with van der Waals surface area (Å²) >= 11 is 0. The molecule has 0 radical (unpaired) electrons. The number of carbonyl (C=O) groups is 2. The maximum Gasteiger partial charge on any atom is 0.311 e. The predicted octanol–water partition coefficient (Wildman–Crippen LogP) is 17.3. The van der Waals surface area contributed by atoms with E-state index in [1.54, 1.807) is 5.57 Å². The minimum absolute atomic E-state index is 0.00755. The van der Waals surface area contributed by atoms with Crippen LogP contribution >= 0.6 is 0 Å². The third kappa shape index (κ3) is 15.3. The Bertz CT molecular complexity index is 1780. The Balaban J connectivity index is 1.06. The molecule has 0 spiro atoms. The van der Waals surface area contributed by atoms with E-state index in [0.717, 1.165) is 89.4 Å². The molecule has 3 saturated carbocycles. The first-order valence-corrected chi connectivity index (χ1v) is 27.3. The van der Waals surface area contributed by atoms with E-state index in [0.29, 0.717) is 23.5 Å². The molecule has 5 rings (SSSR count). The van der Waals surface area contributed by atoms with Gasteiger partial charge in [0.15, 0.2) is 0 Å². The number of hydrogen-bond donors (Lipinski definition) is 0. The number of carbonyl (C=O) groups excluding carboxylic acids is 2. The summed E-state index contributed by atoms with van der Waals surface area (Å²) in [6.45, 7) is 27.3. The molecule has 1 aromatic carbocycles. The molecule has 0 bridgehead atoms. The van der Waals surface area contributed by atoms with Crippen LogP contribution in [0.25, 0.3) is 0 Å². The van der Waals surface area contributed by atoms with E-state index in [-0.39, 0.29) is 30.5 Å². The van der Waals surface area contributed by atoms with E-state index in [9.17, 15) is 9.59 Å². The fourth-order valence-electron chi connectivity index (χ4n) is 12.5. The SMILES string of the molecule is C=C1CCC(OC(=O)CCC(=O)Oc2c(C)c(C)c3c(c2C)CCC(C)(CCCC(C)CCCC(C)CCCC(C)C)O3)CC1=CC=C1CCCC2(C)C(CCCCCCCC)CCC12. The van der Waals surface area contributed by atoms with E-state index in [1.165, 1.54) is 134 Å². The van der Waals surface area contributed by atoms with E-state index in [2.05, 4.69) is 74.1 Å². The zero-order valence-corrected chi connectivity index (χ0v) is 43.7. The zero-order chi connectivity index (χ0) is 47.1. The molecule has 1 aliphatic heterocycles. The van der Waals surface area contributed by atoms with E-state index in [4.69, 9.17) is 14.2 Å². The summed E-state index contributed by atoms with van der Waals surface area (Å²) in [6, 6.07) is 0. The number of fused-ring (bicyclic) bond motifs is 2. The van der Waals surface area contributed by atoms with Crippen molar-refractivity contribution in [2.24, 2.45) is 35.0 Å². The summed E-state index contributed by atoms with van der Waals surface area (Å²) in [5, 5.41) is 0. The molecule has 7 unspecified atom stereocenters. The summed E-state index contributed by atoms with van der Waals surface area (Å²) in [4.78, 5) is 26.5. The second kappa shape index (κ2) is 25.5. The minimum Gasteiger partial charge on any atom is -0.487 e. The van der Waals surface area contributed by atoms with Crippen LogP contribution in [0.2, 0.25) is 0 Å². The molecule has 3 fully saturated rings. The summed E-state index contributed by atoms with van der Waals surface area (Å²) in [7, 11) is 0. The van der Waals surface area contributed by atoms with Crippen molar-refractivity contribution in [3.05, 3.63) is 57.7 Å². The van der Waals surface area contributed by atoms with Gasteiger partial charge in [0.05, 0.1) is 12.8 Å². The summed E-state index contributed by atoms with van der Waals surface area (Å²) in [5.41, 5.74) is 8.34. The predicted molar refractivity (Wildman–Crippen MR) is 273 cm³/mol. The summed E-state index contributed by atoms with van der Waals surface area (Å²) in [5.74, 6) is 4.82. The van der Waals surface area contributed by atoms with Gasteiger partial charge < -0.3 is 14.2 Å². The molecule has 7 atom stereocenters. The van der Waals surface area contributed by atoms with Crippen molar-refractivity contribution in [2.75, 3.05) is 0 Å². The van der Waals surface area contributed by atoms with Gasteiger partial charge in [-0.1, -0.05) is 155 Å². The number of rotatable bonds is 25. The number of benzene rings is 1. The van der Waals surface area contributed by atoms with Gasteiger partial charge in [-0.25, -0.2) is 0 Å². The van der Waals surface area contributed by atoms with Gasteiger partial charge in [-0.05, 0) is 162 Å². The number of allylic oxidation sites excluding steroid dienone is 4. The Morgan fingerprint density at radius 1 is 0.754 bits per heavy atom. The molecule has 65 heavy (non-hydrogen) atoms. The number of hydrogen-bond acceptors (Lipinski definition) is 5. The van der Waals surface area contributed by atoms with Crippen LogP contribution in [0.4, 0.5) is 0 Å². The highest BCUT2D eigenvalue weighted by atomic mass is 16.5. The minimum atomic E-state index is -0.395. The molecule has 0 aromatic heterocycles. The zero-order valence-electron chi connectivity index (χ0n) is 43.7. The summed E-state index contributed by atoms with van der Waals surface area (Å²) in [6.07, 6.45) is 36.5. The standard InChI is InChI=1S/C60H96O5/c1-12-13-14-15-16-17-28-51-32-34-54-49(27-21-39-60(51,54)11)30-31-50-41-52(33-29-45(50)6)63-55(61)35-36-56(62)64-57-46(7)47(8)58-53(48(57)9)37-40-59(10,65-58)38-20-26-44(5)25-19-24-43(4)23-18-22-42(2)3/h30-31,42-44,51-52,54H,6,12-29,32-41H2,1-5,7-11H3. The third-order valence-corrected chi connectivity index (χ3v) is 17.1. The number of unbranched alkanes of at least 4 members (excludes halogenated alkanes) is 5. The lowest BCUT2D eigenvalue weighted by Gasteiger charge is -2.42. The largest absolute Gasteiger partial charge is 0.487 e. The fourth-order valence-corrected chi connectivity index (χ4v) is 12.5. The average molecular weight is 897 g/mol. The van der Waals surface area contributed by atoms with Crippen LogP contribution in [0.5, 0.6) is 11.5 Å². The highest BCUT2D eigenvalue weighted by molar-refractivity contribution is 5.80. The topological polar surface area (TPSA) is 61.8 Å².